The molecule has 0 saturated carbocycles. The van der Waals surface area contributed by atoms with Crippen molar-refractivity contribution in [3.63, 3.8) is 0 Å². The lowest BCUT2D eigenvalue weighted by atomic mass is 10.6. The quantitative estimate of drug-likeness (QED) is 0.445. The highest BCUT2D eigenvalue weighted by Crippen LogP contribution is 2.14. The van der Waals surface area contributed by atoms with Gasteiger partial charge in [0.2, 0.25) is 0 Å². The fraction of sp³-hybridized carbons (Fsp3) is 0.667. The molecule has 0 aromatic rings. The van der Waals surface area contributed by atoms with Crippen LogP contribution in [0.2, 0.25) is 0 Å². The molecule has 1 aliphatic rings. The Hall–Kier alpha value is -0.610. The van der Waals surface area contributed by atoms with E-state index in [1.807, 2.05) is 0 Å². The third kappa shape index (κ3) is 0.703. The van der Waals surface area contributed by atoms with Crippen LogP contribution < -0.4 is 0 Å². The molecule has 0 spiro atoms. The second kappa shape index (κ2) is 1.18. The predicted molar refractivity (Wildman–Crippen MR) is 20.3 cm³/mol. The summed E-state index contributed by atoms with van der Waals surface area (Å²) in [6, 6.07) is 0. The fourth-order valence-corrected chi connectivity index (χ4v) is 0.331. The smallest absolute Gasteiger partial charge is 0.352 e. The molecule has 0 radical (unpaired) electrons. The third-order valence-electron chi connectivity index (χ3n) is 0.762. The van der Waals surface area contributed by atoms with Crippen LogP contribution in [0.15, 0.2) is 0 Å². The van der Waals surface area contributed by atoms with Gasteiger partial charge in [-0.3, -0.25) is 4.84 Å². The van der Waals surface area contributed by atoms with Gasteiger partial charge in [0.1, 0.15) is 0 Å². The SMILES string of the molecule is CN1OC1C(=O)O. The molecule has 2 unspecified atom stereocenters. The molecule has 1 rings (SSSR count). The molecule has 0 aromatic carbocycles. The Morgan fingerprint density at radius 1 is 2.00 bits per heavy atom. The summed E-state index contributed by atoms with van der Waals surface area (Å²) in [4.78, 5) is 14.2. The Morgan fingerprint density at radius 2 is 2.43 bits per heavy atom. The predicted octanol–water partition coefficient (Wildman–Crippen LogP) is -0.726. The molecule has 1 saturated heterocycles. The van der Waals surface area contributed by atoms with E-state index in [2.05, 4.69) is 4.84 Å². The van der Waals surface area contributed by atoms with Gasteiger partial charge in [0.25, 0.3) is 6.23 Å². The summed E-state index contributed by atoms with van der Waals surface area (Å²) in [5, 5.41) is 9.32. The Balaban J connectivity index is 2.33. The van der Waals surface area contributed by atoms with Crippen LogP contribution in [0.1, 0.15) is 0 Å². The van der Waals surface area contributed by atoms with Gasteiger partial charge in [0.15, 0.2) is 0 Å². The van der Waals surface area contributed by atoms with Crippen LogP contribution in [-0.4, -0.2) is 29.4 Å². The second-order valence-corrected chi connectivity index (χ2v) is 1.34. The maximum Gasteiger partial charge on any atom is 0.352 e. The first kappa shape index (κ1) is 4.55. The number of likely N-dealkylation sites (N-methyl/N-ethyl adjacent to an activating group) is 1. The third-order valence-corrected chi connectivity index (χ3v) is 0.762. The summed E-state index contributed by atoms with van der Waals surface area (Å²) in [6.45, 7) is 0. The fourth-order valence-electron chi connectivity index (χ4n) is 0.331. The highest BCUT2D eigenvalue weighted by atomic mass is 16.8. The minimum Gasteiger partial charge on any atom is -0.478 e. The molecule has 0 bridgehead atoms. The molecule has 1 heterocycles. The number of nitrogens with zero attached hydrogens (tertiary/aromatic N) is 1. The molecule has 4 heteroatoms. The van der Waals surface area contributed by atoms with Crippen LogP contribution >= 0.6 is 0 Å². The zero-order valence-corrected chi connectivity index (χ0v) is 3.79. The van der Waals surface area contributed by atoms with E-state index in [9.17, 15) is 4.79 Å². The Morgan fingerprint density at radius 3 is 2.43 bits per heavy atom. The number of aliphatic carboxylic acids is 1. The van der Waals surface area contributed by atoms with Gasteiger partial charge in [0, 0.05) is 7.05 Å². The van der Waals surface area contributed by atoms with E-state index in [1.165, 1.54) is 5.06 Å². The second-order valence-electron chi connectivity index (χ2n) is 1.34. The summed E-state index contributed by atoms with van der Waals surface area (Å²) in [5.41, 5.74) is 0. The number of carboxylic acids is 1. The van der Waals surface area contributed by atoms with Crippen molar-refractivity contribution in [2.75, 3.05) is 7.05 Å². The lowest BCUT2D eigenvalue weighted by Crippen LogP contribution is -2.07. The Kier molecular flexibility index (Phi) is 0.765. The maximum atomic E-state index is 9.81. The minimum absolute atomic E-state index is 0.681. The topological polar surface area (TPSA) is 52.8 Å². The summed E-state index contributed by atoms with van der Waals surface area (Å²) in [6.07, 6.45) is -0.681. The summed E-state index contributed by atoms with van der Waals surface area (Å²) >= 11 is 0. The van der Waals surface area contributed by atoms with Crippen LogP contribution in [-0.2, 0) is 9.63 Å². The van der Waals surface area contributed by atoms with E-state index >= 15 is 0 Å². The monoisotopic (exact) mass is 103 g/mol. The van der Waals surface area contributed by atoms with E-state index in [1.54, 1.807) is 7.05 Å². The number of rotatable bonds is 1. The average molecular weight is 103 g/mol. The van der Waals surface area contributed by atoms with Gasteiger partial charge in [-0.1, -0.05) is 0 Å². The van der Waals surface area contributed by atoms with Gasteiger partial charge >= 0.3 is 5.97 Å². The summed E-state index contributed by atoms with van der Waals surface area (Å²) in [5.74, 6) is -0.928. The largest absolute Gasteiger partial charge is 0.478 e. The van der Waals surface area contributed by atoms with Gasteiger partial charge < -0.3 is 5.11 Å². The van der Waals surface area contributed by atoms with Crippen LogP contribution in [0, 0.1) is 0 Å². The summed E-state index contributed by atoms with van der Waals surface area (Å²) in [7, 11) is 1.57. The van der Waals surface area contributed by atoms with Crippen LogP contribution in [0.5, 0.6) is 0 Å². The van der Waals surface area contributed by atoms with Crippen molar-refractivity contribution in [1.82, 2.24) is 5.06 Å². The van der Waals surface area contributed by atoms with Crippen molar-refractivity contribution in [3.05, 3.63) is 0 Å². The van der Waals surface area contributed by atoms with Gasteiger partial charge in [-0.25, -0.2) is 4.79 Å². The number of carbonyl (C=O) groups is 1. The minimum atomic E-state index is -0.928. The molecule has 40 valence electrons. The lowest BCUT2D eigenvalue weighted by molar-refractivity contribution is -0.138. The average Bonchev–Trinajstić information content (AvgIpc) is 2.17. The van der Waals surface area contributed by atoms with Crippen LogP contribution in [0.3, 0.4) is 0 Å². The van der Waals surface area contributed by atoms with Crippen LogP contribution in [0.25, 0.3) is 0 Å². The highest BCUT2D eigenvalue weighted by Gasteiger charge is 2.39. The highest BCUT2D eigenvalue weighted by molar-refractivity contribution is 5.73. The molecular formula is C3H5NO3. The molecule has 7 heavy (non-hydrogen) atoms. The molecule has 0 aliphatic carbocycles. The van der Waals surface area contributed by atoms with Crippen molar-refractivity contribution in [2.24, 2.45) is 0 Å². The van der Waals surface area contributed by atoms with Crippen molar-refractivity contribution in [1.29, 1.82) is 0 Å². The van der Waals surface area contributed by atoms with Gasteiger partial charge in [-0.2, -0.15) is 0 Å². The number of hydroxylamine groups is 2. The Labute approximate surface area is 40.2 Å². The molecule has 4 nitrogen and oxygen atoms in total. The standard InChI is InChI=1S/C3H5NO3/c1-4-2(7-4)3(5)6/h2H,1H3,(H,5,6). The first-order valence-corrected chi connectivity index (χ1v) is 1.84. The normalized spacial score (nSPS) is 37.9. The van der Waals surface area contributed by atoms with E-state index in [0.717, 1.165) is 0 Å². The first-order valence-electron chi connectivity index (χ1n) is 1.84. The number of carboxylic acid groups (broad SMARTS) is 1. The number of hydrogen-bond donors (Lipinski definition) is 1. The molecular weight excluding hydrogens is 98.0 g/mol. The van der Waals surface area contributed by atoms with E-state index in [4.69, 9.17) is 5.11 Å². The van der Waals surface area contributed by atoms with E-state index in [0.29, 0.717) is 0 Å². The zero-order valence-electron chi connectivity index (χ0n) is 3.79. The van der Waals surface area contributed by atoms with Crippen molar-refractivity contribution < 1.29 is 14.7 Å². The van der Waals surface area contributed by atoms with Gasteiger partial charge in [-0.05, 0) is 0 Å². The molecule has 1 aliphatic heterocycles. The van der Waals surface area contributed by atoms with E-state index < -0.39 is 12.2 Å². The molecule has 0 amide bonds. The molecule has 2 atom stereocenters. The number of hydrogen-bond acceptors (Lipinski definition) is 3. The van der Waals surface area contributed by atoms with Crippen molar-refractivity contribution in [3.8, 4) is 0 Å². The van der Waals surface area contributed by atoms with Gasteiger partial charge in [-0.15, -0.1) is 5.06 Å². The van der Waals surface area contributed by atoms with Crippen molar-refractivity contribution in [2.45, 2.75) is 6.23 Å². The molecule has 1 fully saturated rings. The lowest BCUT2D eigenvalue weighted by Gasteiger charge is -1.75. The first-order chi connectivity index (χ1) is 3.22. The van der Waals surface area contributed by atoms with E-state index in [-0.39, 0.29) is 0 Å². The summed E-state index contributed by atoms with van der Waals surface area (Å²) < 4.78 is 0. The molecule has 1 N–H and O–H groups in total. The Bertz CT molecular complexity index is 102. The van der Waals surface area contributed by atoms with Gasteiger partial charge in [0.05, 0.1) is 0 Å². The van der Waals surface area contributed by atoms with Crippen LogP contribution in [0.4, 0.5) is 0 Å². The zero-order chi connectivity index (χ0) is 5.44. The maximum absolute atomic E-state index is 9.81. The molecule has 0 aromatic heterocycles. The van der Waals surface area contributed by atoms with Crippen molar-refractivity contribution >= 4 is 5.97 Å².